The molecule has 4 unspecified atom stereocenters. The lowest BCUT2D eigenvalue weighted by Gasteiger charge is -2.16. The Labute approximate surface area is 98.3 Å². The molecule has 0 aromatic rings. The molecule has 0 saturated heterocycles. The summed E-state index contributed by atoms with van der Waals surface area (Å²) in [6, 6.07) is 0.621. The second-order valence-corrected chi connectivity index (χ2v) is 4.67. The van der Waals surface area contributed by atoms with Crippen LogP contribution in [0.2, 0.25) is 0 Å². The molecule has 0 spiro atoms. The van der Waals surface area contributed by atoms with Gasteiger partial charge in [0.2, 0.25) is 0 Å². The van der Waals surface area contributed by atoms with Gasteiger partial charge in [0.05, 0.1) is 25.4 Å². The first-order valence-electron chi connectivity index (χ1n) is 6.19. The molecule has 1 rings (SSSR count). The smallest absolute Gasteiger partial charge is 0.0897 e. The van der Waals surface area contributed by atoms with Gasteiger partial charge in [0, 0.05) is 19.7 Å². The predicted octanol–water partition coefficient (Wildman–Crippen LogP) is 0.787. The van der Waals surface area contributed by atoms with Crippen molar-refractivity contribution in [2.24, 2.45) is 5.92 Å². The van der Waals surface area contributed by atoms with Crippen LogP contribution in [0.3, 0.4) is 0 Å². The Morgan fingerprint density at radius 2 is 2.19 bits per heavy atom. The molecule has 0 aliphatic heterocycles. The fourth-order valence-corrected chi connectivity index (χ4v) is 1.85. The van der Waals surface area contributed by atoms with E-state index in [1.165, 1.54) is 12.8 Å². The monoisotopic (exact) mass is 231 g/mol. The molecule has 96 valence electrons. The predicted molar refractivity (Wildman–Crippen MR) is 63.5 cm³/mol. The third-order valence-corrected chi connectivity index (χ3v) is 3.04. The highest BCUT2D eigenvalue weighted by Gasteiger charge is 2.34. The third kappa shape index (κ3) is 5.25. The van der Waals surface area contributed by atoms with E-state index in [0.29, 0.717) is 25.8 Å². The summed E-state index contributed by atoms with van der Waals surface area (Å²) in [6.07, 6.45) is 2.11. The van der Waals surface area contributed by atoms with Crippen molar-refractivity contribution in [3.63, 3.8) is 0 Å². The minimum absolute atomic E-state index is 0.0453. The van der Waals surface area contributed by atoms with Gasteiger partial charge in [-0.3, -0.25) is 0 Å². The van der Waals surface area contributed by atoms with Gasteiger partial charge in [-0.05, 0) is 19.3 Å². The fraction of sp³-hybridized carbons (Fsp3) is 1.00. The molecule has 0 amide bonds. The van der Waals surface area contributed by atoms with E-state index in [2.05, 4.69) is 12.2 Å². The van der Waals surface area contributed by atoms with Gasteiger partial charge in [-0.25, -0.2) is 0 Å². The molecule has 4 atom stereocenters. The summed E-state index contributed by atoms with van der Waals surface area (Å²) in [7, 11) is 1.65. The van der Waals surface area contributed by atoms with Crippen LogP contribution in [0, 0.1) is 5.92 Å². The molecule has 0 aromatic carbocycles. The molecule has 16 heavy (non-hydrogen) atoms. The summed E-state index contributed by atoms with van der Waals surface area (Å²) in [6.45, 7) is 5.72. The van der Waals surface area contributed by atoms with E-state index in [-0.39, 0.29) is 6.10 Å². The number of hydrogen-bond donors (Lipinski definition) is 2. The maximum Gasteiger partial charge on any atom is 0.0897 e. The second-order valence-electron chi connectivity index (χ2n) is 4.67. The average molecular weight is 231 g/mol. The topological polar surface area (TPSA) is 50.7 Å². The number of nitrogens with one attached hydrogen (secondary N) is 1. The van der Waals surface area contributed by atoms with Crippen LogP contribution in [0.15, 0.2) is 0 Å². The lowest BCUT2D eigenvalue weighted by atomic mass is 10.3. The van der Waals surface area contributed by atoms with Crippen molar-refractivity contribution in [3.05, 3.63) is 0 Å². The molecule has 0 bridgehead atoms. The average Bonchev–Trinajstić information content (AvgIpc) is 3.02. The van der Waals surface area contributed by atoms with Crippen molar-refractivity contribution in [1.82, 2.24) is 5.32 Å². The SMILES string of the molecule is CCC1CC1NCC(O)COC(C)COC. The van der Waals surface area contributed by atoms with Crippen molar-refractivity contribution < 1.29 is 14.6 Å². The summed E-state index contributed by atoms with van der Waals surface area (Å²) >= 11 is 0. The maximum atomic E-state index is 9.67. The fourth-order valence-electron chi connectivity index (χ4n) is 1.85. The largest absolute Gasteiger partial charge is 0.389 e. The number of ether oxygens (including phenoxy) is 2. The van der Waals surface area contributed by atoms with Gasteiger partial charge in [0.1, 0.15) is 0 Å². The zero-order valence-electron chi connectivity index (χ0n) is 10.6. The van der Waals surface area contributed by atoms with Crippen LogP contribution in [0.1, 0.15) is 26.7 Å². The Kier molecular flexibility index (Phi) is 6.28. The number of aliphatic hydroxyl groups is 1. The van der Waals surface area contributed by atoms with Crippen molar-refractivity contribution in [3.8, 4) is 0 Å². The first-order chi connectivity index (χ1) is 7.67. The van der Waals surface area contributed by atoms with Crippen molar-refractivity contribution in [2.75, 3.05) is 26.9 Å². The first-order valence-corrected chi connectivity index (χ1v) is 6.19. The van der Waals surface area contributed by atoms with E-state index >= 15 is 0 Å². The molecule has 2 N–H and O–H groups in total. The van der Waals surface area contributed by atoms with Crippen LogP contribution in [0.5, 0.6) is 0 Å². The first kappa shape index (κ1) is 13.9. The van der Waals surface area contributed by atoms with Gasteiger partial charge in [0.25, 0.3) is 0 Å². The molecule has 0 aromatic heterocycles. The third-order valence-electron chi connectivity index (χ3n) is 3.04. The minimum Gasteiger partial charge on any atom is -0.389 e. The Bertz CT molecular complexity index is 183. The summed E-state index contributed by atoms with van der Waals surface area (Å²) in [5.74, 6) is 0.820. The van der Waals surface area contributed by atoms with Crippen molar-refractivity contribution in [2.45, 2.75) is 44.9 Å². The zero-order valence-corrected chi connectivity index (χ0v) is 10.6. The highest BCUT2D eigenvalue weighted by molar-refractivity contribution is 4.92. The molecular weight excluding hydrogens is 206 g/mol. The Balaban J connectivity index is 1.96. The Hall–Kier alpha value is -0.160. The molecule has 0 radical (unpaired) electrons. The number of rotatable bonds is 9. The van der Waals surface area contributed by atoms with E-state index in [9.17, 15) is 5.11 Å². The van der Waals surface area contributed by atoms with Crippen LogP contribution in [0.4, 0.5) is 0 Å². The van der Waals surface area contributed by atoms with Crippen LogP contribution in [-0.2, 0) is 9.47 Å². The van der Waals surface area contributed by atoms with E-state index in [1.54, 1.807) is 7.11 Å². The molecule has 4 heteroatoms. The molecule has 1 fully saturated rings. The van der Waals surface area contributed by atoms with Crippen LogP contribution in [0.25, 0.3) is 0 Å². The van der Waals surface area contributed by atoms with Crippen LogP contribution in [-0.4, -0.2) is 50.2 Å². The van der Waals surface area contributed by atoms with Gasteiger partial charge < -0.3 is 19.9 Å². The molecule has 1 aliphatic carbocycles. The standard InChI is InChI=1S/C12H25NO3/c1-4-10-5-12(10)13-6-11(14)8-16-9(2)7-15-3/h9-14H,4-8H2,1-3H3. The highest BCUT2D eigenvalue weighted by Crippen LogP contribution is 2.32. The van der Waals surface area contributed by atoms with Gasteiger partial charge in [-0.15, -0.1) is 0 Å². The van der Waals surface area contributed by atoms with Gasteiger partial charge in [-0.2, -0.15) is 0 Å². The zero-order chi connectivity index (χ0) is 12.0. The molecule has 4 nitrogen and oxygen atoms in total. The van der Waals surface area contributed by atoms with E-state index in [0.717, 1.165) is 5.92 Å². The number of aliphatic hydroxyl groups excluding tert-OH is 1. The van der Waals surface area contributed by atoms with Crippen molar-refractivity contribution >= 4 is 0 Å². The maximum absolute atomic E-state index is 9.67. The molecular formula is C12H25NO3. The van der Waals surface area contributed by atoms with E-state index in [1.807, 2.05) is 6.92 Å². The quantitative estimate of drug-likeness (QED) is 0.616. The van der Waals surface area contributed by atoms with Gasteiger partial charge >= 0.3 is 0 Å². The summed E-state index contributed by atoms with van der Waals surface area (Å²) in [4.78, 5) is 0. The van der Waals surface area contributed by atoms with Gasteiger partial charge in [0.15, 0.2) is 0 Å². The lowest BCUT2D eigenvalue weighted by molar-refractivity contribution is -0.0311. The molecule has 0 heterocycles. The van der Waals surface area contributed by atoms with E-state index in [4.69, 9.17) is 9.47 Å². The summed E-state index contributed by atoms with van der Waals surface area (Å²) in [5.41, 5.74) is 0. The second kappa shape index (κ2) is 7.22. The number of hydrogen-bond acceptors (Lipinski definition) is 4. The number of methoxy groups -OCH3 is 1. The lowest BCUT2D eigenvalue weighted by Crippen LogP contribution is -2.33. The van der Waals surface area contributed by atoms with E-state index < -0.39 is 6.10 Å². The van der Waals surface area contributed by atoms with Crippen LogP contribution < -0.4 is 5.32 Å². The Morgan fingerprint density at radius 1 is 1.44 bits per heavy atom. The normalized spacial score (nSPS) is 27.8. The summed E-state index contributed by atoms with van der Waals surface area (Å²) in [5, 5.41) is 13.0. The Morgan fingerprint density at radius 3 is 2.75 bits per heavy atom. The van der Waals surface area contributed by atoms with Crippen LogP contribution >= 0.6 is 0 Å². The van der Waals surface area contributed by atoms with Gasteiger partial charge in [-0.1, -0.05) is 13.3 Å². The summed E-state index contributed by atoms with van der Waals surface area (Å²) < 4.78 is 10.4. The molecule has 1 saturated carbocycles. The van der Waals surface area contributed by atoms with Crippen molar-refractivity contribution in [1.29, 1.82) is 0 Å². The molecule has 1 aliphatic rings. The minimum atomic E-state index is -0.419. The highest BCUT2D eigenvalue weighted by atomic mass is 16.5.